The van der Waals surface area contributed by atoms with Gasteiger partial charge in [0.1, 0.15) is 0 Å². The minimum Gasteiger partial charge on any atom is -0.469 e. The molecule has 3 saturated carbocycles. The molecular formula is C15H20O4. The molecule has 4 nitrogen and oxygen atoms in total. The van der Waals surface area contributed by atoms with E-state index in [1.165, 1.54) is 14.2 Å². The quantitative estimate of drug-likeness (QED) is 0.566. The third-order valence-corrected chi connectivity index (χ3v) is 5.78. The molecule has 0 aliphatic heterocycles. The molecule has 3 fully saturated rings. The van der Waals surface area contributed by atoms with E-state index >= 15 is 0 Å². The zero-order valence-corrected chi connectivity index (χ0v) is 11.5. The molecule has 3 aliphatic rings. The fraction of sp³-hybridized carbons (Fsp3) is 0.733. The predicted molar refractivity (Wildman–Crippen MR) is 68.1 cm³/mol. The van der Waals surface area contributed by atoms with Crippen LogP contribution in [0.2, 0.25) is 0 Å². The van der Waals surface area contributed by atoms with Crippen LogP contribution < -0.4 is 0 Å². The predicted octanol–water partition coefficient (Wildman–Crippen LogP) is 2.09. The highest BCUT2D eigenvalue weighted by Gasteiger charge is 2.77. The first-order chi connectivity index (χ1) is 9.02. The average Bonchev–Trinajstić information content (AvgIpc) is 3.05. The van der Waals surface area contributed by atoms with Crippen LogP contribution in [0.5, 0.6) is 0 Å². The number of carbonyl (C=O) groups is 2. The van der Waals surface area contributed by atoms with Gasteiger partial charge in [0.05, 0.1) is 25.0 Å². The maximum Gasteiger partial charge on any atom is 0.313 e. The summed E-state index contributed by atoms with van der Waals surface area (Å²) in [5, 5.41) is 0. The smallest absolute Gasteiger partial charge is 0.313 e. The fourth-order valence-corrected chi connectivity index (χ4v) is 5.27. The lowest BCUT2D eigenvalue weighted by atomic mass is 9.57. The molecule has 0 N–H and O–H groups in total. The maximum absolute atomic E-state index is 12.5. The average molecular weight is 264 g/mol. The lowest BCUT2D eigenvalue weighted by Crippen LogP contribution is -2.53. The number of ether oxygens (including phenoxy) is 2. The second-order valence-electron chi connectivity index (χ2n) is 6.24. The van der Waals surface area contributed by atoms with E-state index in [0.717, 1.165) is 24.8 Å². The Kier molecular flexibility index (Phi) is 2.57. The van der Waals surface area contributed by atoms with Gasteiger partial charge in [0, 0.05) is 0 Å². The SMILES string of the molecule is C=C1CC2(C(=O)OC)C3CCC(C3)C2(C(=O)OC)C1. The Morgan fingerprint density at radius 2 is 1.47 bits per heavy atom. The van der Waals surface area contributed by atoms with Crippen molar-refractivity contribution in [1.29, 1.82) is 0 Å². The lowest BCUT2D eigenvalue weighted by Gasteiger charge is -2.44. The van der Waals surface area contributed by atoms with Crippen LogP contribution in [0.1, 0.15) is 32.1 Å². The van der Waals surface area contributed by atoms with Crippen LogP contribution in [0.3, 0.4) is 0 Å². The first-order valence-corrected chi connectivity index (χ1v) is 6.86. The van der Waals surface area contributed by atoms with Crippen LogP contribution in [0.25, 0.3) is 0 Å². The second kappa shape index (κ2) is 3.84. The van der Waals surface area contributed by atoms with E-state index in [-0.39, 0.29) is 23.8 Å². The summed E-state index contributed by atoms with van der Waals surface area (Å²) in [5.41, 5.74) is -0.448. The number of rotatable bonds is 2. The van der Waals surface area contributed by atoms with Gasteiger partial charge in [-0.05, 0) is 43.9 Å². The van der Waals surface area contributed by atoms with Crippen molar-refractivity contribution in [3.05, 3.63) is 12.2 Å². The lowest BCUT2D eigenvalue weighted by molar-refractivity contribution is -0.181. The first kappa shape index (κ1) is 12.7. The Balaban J connectivity index is 2.19. The van der Waals surface area contributed by atoms with Crippen LogP contribution in [0, 0.1) is 22.7 Å². The minimum absolute atomic E-state index is 0.239. The molecule has 0 heterocycles. The van der Waals surface area contributed by atoms with Crippen molar-refractivity contribution in [2.75, 3.05) is 14.2 Å². The van der Waals surface area contributed by atoms with E-state index in [1.54, 1.807) is 0 Å². The van der Waals surface area contributed by atoms with Gasteiger partial charge in [-0.2, -0.15) is 0 Å². The van der Waals surface area contributed by atoms with Gasteiger partial charge in [0.2, 0.25) is 0 Å². The standard InChI is InChI=1S/C15H20O4/c1-9-7-14(12(16)18-2)10-4-5-11(6-10)15(14,8-9)13(17)19-3/h10-11H,1,4-8H2,2-3H3. The minimum atomic E-state index is -0.713. The van der Waals surface area contributed by atoms with Gasteiger partial charge in [-0.3, -0.25) is 9.59 Å². The van der Waals surface area contributed by atoms with Gasteiger partial charge < -0.3 is 9.47 Å². The summed E-state index contributed by atoms with van der Waals surface area (Å²) in [7, 11) is 2.82. The maximum atomic E-state index is 12.5. The van der Waals surface area contributed by atoms with Gasteiger partial charge in [-0.25, -0.2) is 0 Å². The molecule has 0 aromatic rings. The molecule has 19 heavy (non-hydrogen) atoms. The molecule has 2 bridgehead atoms. The van der Waals surface area contributed by atoms with Crippen LogP contribution in [-0.2, 0) is 19.1 Å². The molecule has 4 heteroatoms. The molecule has 4 atom stereocenters. The Morgan fingerprint density at radius 3 is 1.84 bits per heavy atom. The summed E-state index contributed by atoms with van der Waals surface area (Å²) in [4.78, 5) is 25.0. The van der Waals surface area contributed by atoms with Crippen LogP contribution >= 0.6 is 0 Å². The molecule has 0 aromatic carbocycles. The van der Waals surface area contributed by atoms with Crippen LogP contribution in [0.15, 0.2) is 12.2 Å². The molecule has 0 aromatic heterocycles. The number of hydrogen-bond acceptors (Lipinski definition) is 4. The molecule has 0 saturated heterocycles. The van der Waals surface area contributed by atoms with Crippen molar-refractivity contribution < 1.29 is 19.1 Å². The summed E-state index contributed by atoms with van der Waals surface area (Å²) >= 11 is 0. The Bertz CT molecular complexity index is 429. The number of allylic oxidation sites excluding steroid dienone is 1. The molecule has 4 unspecified atom stereocenters. The van der Waals surface area contributed by atoms with Crippen molar-refractivity contribution in [3.63, 3.8) is 0 Å². The fourth-order valence-electron chi connectivity index (χ4n) is 5.27. The number of carbonyl (C=O) groups excluding carboxylic acids is 2. The Labute approximate surface area is 113 Å². The molecule has 0 amide bonds. The van der Waals surface area contributed by atoms with Gasteiger partial charge in [0.25, 0.3) is 0 Å². The molecule has 3 aliphatic carbocycles. The molecule has 104 valence electrons. The third kappa shape index (κ3) is 1.20. The van der Waals surface area contributed by atoms with Crippen molar-refractivity contribution in [2.24, 2.45) is 22.7 Å². The van der Waals surface area contributed by atoms with Gasteiger partial charge in [-0.15, -0.1) is 0 Å². The van der Waals surface area contributed by atoms with E-state index in [9.17, 15) is 9.59 Å². The third-order valence-electron chi connectivity index (χ3n) is 5.78. The summed E-state index contributed by atoms with van der Waals surface area (Å²) in [6.45, 7) is 4.04. The van der Waals surface area contributed by atoms with Crippen molar-refractivity contribution in [1.82, 2.24) is 0 Å². The normalized spacial score (nSPS) is 43.2. The zero-order chi connectivity index (χ0) is 13.8. The van der Waals surface area contributed by atoms with E-state index in [1.807, 2.05) is 0 Å². The largest absolute Gasteiger partial charge is 0.469 e. The highest BCUT2D eigenvalue weighted by molar-refractivity contribution is 5.92. The summed E-state index contributed by atoms with van der Waals surface area (Å²) in [6, 6.07) is 0. The zero-order valence-electron chi connectivity index (χ0n) is 11.5. The molecular weight excluding hydrogens is 244 g/mol. The number of methoxy groups -OCH3 is 2. The molecule has 0 radical (unpaired) electrons. The van der Waals surface area contributed by atoms with E-state index in [2.05, 4.69) is 6.58 Å². The molecule has 3 rings (SSSR count). The second-order valence-corrected chi connectivity index (χ2v) is 6.24. The van der Waals surface area contributed by atoms with Gasteiger partial charge in [0.15, 0.2) is 0 Å². The van der Waals surface area contributed by atoms with E-state index in [4.69, 9.17) is 9.47 Å². The monoisotopic (exact) mass is 264 g/mol. The van der Waals surface area contributed by atoms with Gasteiger partial charge in [-0.1, -0.05) is 12.2 Å². The highest BCUT2D eigenvalue weighted by atomic mass is 16.5. The van der Waals surface area contributed by atoms with Crippen LogP contribution in [0.4, 0.5) is 0 Å². The van der Waals surface area contributed by atoms with Crippen LogP contribution in [-0.4, -0.2) is 26.2 Å². The Morgan fingerprint density at radius 1 is 1.05 bits per heavy atom. The first-order valence-electron chi connectivity index (χ1n) is 6.86. The topological polar surface area (TPSA) is 52.6 Å². The van der Waals surface area contributed by atoms with Crippen molar-refractivity contribution in [2.45, 2.75) is 32.1 Å². The number of esters is 2. The molecule has 0 spiro atoms. The van der Waals surface area contributed by atoms with E-state index in [0.29, 0.717) is 12.8 Å². The highest BCUT2D eigenvalue weighted by Crippen LogP contribution is 2.74. The van der Waals surface area contributed by atoms with Gasteiger partial charge >= 0.3 is 11.9 Å². The summed E-state index contributed by atoms with van der Waals surface area (Å²) in [5.74, 6) is -0.0147. The van der Waals surface area contributed by atoms with Crippen molar-refractivity contribution in [3.8, 4) is 0 Å². The number of fused-ring (bicyclic) bond motifs is 5. The van der Waals surface area contributed by atoms with E-state index < -0.39 is 10.8 Å². The van der Waals surface area contributed by atoms with Crippen molar-refractivity contribution >= 4 is 11.9 Å². The summed E-state index contributed by atoms with van der Waals surface area (Å²) < 4.78 is 10.1. The summed E-state index contributed by atoms with van der Waals surface area (Å²) in [6.07, 6.45) is 4.11. The number of hydrogen-bond donors (Lipinski definition) is 0. The Hall–Kier alpha value is -1.32.